The summed E-state index contributed by atoms with van der Waals surface area (Å²) in [6.45, 7) is 1.47. The Morgan fingerprint density at radius 2 is 1.93 bits per heavy atom. The van der Waals surface area contributed by atoms with Gasteiger partial charge in [-0.1, -0.05) is 12.8 Å². The van der Waals surface area contributed by atoms with E-state index >= 15 is 0 Å². The van der Waals surface area contributed by atoms with E-state index < -0.39 is 12.0 Å². The summed E-state index contributed by atoms with van der Waals surface area (Å²) < 4.78 is 0. The fraction of sp³-hybridized carbons (Fsp3) is 0.800. The summed E-state index contributed by atoms with van der Waals surface area (Å²) in [5.74, 6) is -0.955. The molecule has 1 spiro atoms. The van der Waals surface area contributed by atoms with Gasteiger partial charge in [-0.2, -0.15) is 0 Å². The maximum absolute atomic E-state index is 11.4. The molecule has 78 valence electrons. The average molecular weight is 197 g/mol. The Kier molecular flexibility index (Phi) is 2.01. The van der Waals surface area contributed by atoms with Crippen molar-refractivity contribution in [3.63, 3.8) is 0 Å². The molecule has 1 N–H and O–H groups in total. The van der Waals surface area contributed by atoms with Crippen molar-refractivity contribution in [2.75, 3.05) is 0 Å². The third-order valence-corrected chi connectivity index (χ3v) is 3.55. The van der Waals surface area contributed by atoms with E-state index in [1.54, 1.807) is 4.90 Å². The van der Waals surface area contributed by atoms with Crippen molar-refractivity contribution in [2.24, 2.45) is 0 Å². The molecule has 4 heteroatoms. The van der Waals surface area contributed by atoms with Crippen LogP contribution in [0.5, 0.6) is 0 Å². The van der Waals surface area contributed by atoms with Crippen molar-refractivity contribution in [2.45, 2.75) is 50.6 Å². The van der Waals surface area contributed by atoms with Crippen LogP contribution in [0.3, 0.4) is 0 Å². The lowest BCUT2D eigenvalue weighted by Crippen LogP contribution is -2.68. The maximum Gasteiger partial charge on any atom is 0.326 e. The smallest absolute Gasteiger partial charge is 0.326 e. The average Bonchev–Trinajstić information content (AvgIpc) is 2.47. The van der Waals surface area contributed by atoms with Crippen molar-refractivity contribution in [1.29, 1.82) is 0 Å². The van der Waals surface area contributed by atoms with Crippen LogP contribution >= 0.6 is 0 Å². The highest BCUT2D eigenvalue weighted by atomic mass is 16.4. The Morgan fingerprint density at radius 3 is 2.36 bits per heavy atom. The van der Waals surface area contributed by atoms with Gasteiger partial charge in [0.15, 0.2) is 0 Å². The number of carboxylic acid groups (broad SMARTS) is 1. The first kappa shape index (κ1) is 9.49. The molecule has 2 rings (SSSR count). The quantitative estimate of drug-likeness (QED) is 0.682. The molecule has 0 aromatic heterocycles. The van der Waals surface area contributed by atoms with Crippen molar-refractivity contribution < 1.29 is 14.7 Å². The number of rotatable bonds is 1. The second-order valence-electron chi connectivity index (χ2n) is 4.38. The first-order valence-corrected chi connectivity index (χ1v) is 5.09. The molecule has 14 heavy (non-hydrogen) atoms. The van der Waals surface area contributed by atoms with Gasteiger partial charge in [-0.25, -0.2) is 4.79 Å². The van der Waals surface area contributed by atoms with Gasteiger partial charge in [0.25, 0.3) is 0 Å². The van der Waals surface area contributed by atoms with Crippen LogP contribution in [0.1, 0.15) is 39.0 Å². The van der Waals surface area contributed by atoms with Gasteiger partial charge in [-0.05, 0) is 12.8 Å². The standard InChI is InChI=1S/C10H15NO3/c1-7(12)11-8(9(13)14)6-10(11)4-2-3-5-10/h8H,2-6H2,1H3,(H,13,14). The molecular formula is C10H15NO3. The Labute approximate surface area is 82.9 Å². The van der Waals surface area contributed by atoms with Crippen LogP contribution in [-0.4, -0.2) is 33.5 Å². The van der Waals surface area contributed by atoms with Gasteiger partial charge in [0.2, 0.25) is 5.91 Å². The zero-order valence-electron chi connectivity index (χ0n) is 8.32. The van der Waals surface area contributed by atoms with Crippen molar-refractivity contribution in [3.8, 4) is 0 Å². The second-order valence-corrected chi connectivity index (χ2v) is 4.38. The topological polar surface area (TPSA) is 57.6 Å². The number of amides is 1. The Balaban J connectivity index is 2.17. The van der Waals surface area contributed by atoms with E-state index in [2.05, 4.69) is 0 Å². The molecule has 2 aliphatic rings. The van der Waals surface area contributed by atoms with E-state index in [9.17, 15) is 9.59 Å². The summed E-state index contributed by atoms with van der Waals surface area (Å²) in [6, 6.07) is -0.564. The Morgan fingerprint density at radius 1 is 1.36 bits per heavy atom. The fourth-order valence-corrected chi connectivity index (χ4v) is 3.00. The molecule has 4 nitrogen and oxygen atoms in total. The molecule has 0 radical (unpaired) electrons. The first-order chi connectivity index (χ1) is 6.57. The maximum atomic E-state index is 11.4. The van der Waals surface area contributed by atoms with Crippen LogP contribution < -0.4 is 0 Å². The van der Waals surface area contributed by atoms with Gasteiger partial charge in [-0.15, -0.1) is 0 Å². The minimum atomic E-state index is -0.863. The molecule has 1 unspecified atom stereocenters. The minimum absolute atomic E-state index is 0.0884. The van der Waals surface area contributed by atoms with E-state index in [0.717, 1.165) is 25.7 Å². The van der Waals surface area contributed by atoms with Crippen LogP contribution in [0.25, 0.3) is 0 Å². The van der Waals surface area contributed by atoms with Crippen LogP contribution in [-0.2, 0) is 9.59 Å². The largest absolute Gasteiger partial charge is 0.480 e. The summed E-state index contributed by atoms with van der Waals surface area (Å²) in [5, 5.41) is 8.90. The molecule has 0 bridgehead atoms. The number of hydrogen-bond donors (Lipinski definition) is 1. The summed E-state index contributed by atoms with van der Waals surface area (Å²) in [7, 11) is 0. The lowest BCUT2D eigenvalue weighted by Gasteiger charge is -2.54. The van der Waals surface area contributed by atoms with E-state index in [1.165, 1.54) is 6.92 Å². The van der Waals surface area contributed by atoms with Crippen LogP contribution in [0.15, 0.2) is 0 Å². The van der Waals surface area contributed by atoms with Gasteiger partial charge in [0.1, 0.15) is 6.04 Å². The lowest BCUT2D eigenvalue weighted by molar-refractivity contribution is -0.172. The predicted octanol–water partition coefficient (Wildman–Crippen LogP) is 1.00. The molecule has 1 atom stereocenters. The van der Waals surface area contributed by atoms with Gasteiger partial charge in [0, 0.05) is 18.9 Å². The molecule has 2 fully saturated rings. The number of carbonyl (C=O) groups excluding carboxylic acids is 1. The predicted molar refractivity (Wildman–Crippen MR) is 49.8 cm³/mol. The Hall–Kier alpha value is -1.06. The van der Waals surface area contributed by atoms with Crippen LogP contribution in [0.4, 0.5) is 0 Å². The van der Waals surface area contributed by atoms with E-state index in [0.29, 0.717) is 6.42 Å². The SMILES string of the molecule is CC(=O)N1C(C(=O)O)CC12CCCC2. The first-order valence-electron chi connectivity index (χ1n) is 5.09. The third kappa shape index (κ3) is 1.13. The monoisotopic (exact) mass is 197 g/mol. The molecule has 0 aromatic carbocycles. The highest BCUT2D eigenvalue weighted by molar-refractivity contribution is 5.85. The van der Waals surface area contributed by atoms with Crippen molar-refractivity contribution in [3.05, 3.63) is 0 Å². The molecule has 1 aliphatic carbocycles. The molecule has 0 aromatic rings. The number of nitrogens with zero attached hydrogens (tertiary/aromatic N) is 1. The normalized spacial score (nSPS) is 28.9. The summed E-state index contributed by atoms with van der Waals surface area (Å²) in [6.07, 6.45) is 4.86. The molecule has 1 aliphatic heterocycles. The van der Waals surface area contributed by atoms with Crippen molar-refractivity contribution >= 4 is 11.9 Å². The zero-order valence-corrected chi connectivity index (χ0v) is 8.32. The van der Waals surface area contributed by atoms with E-state index in [1.807, 2.05) is 0 Å². The third-order valence-electron chi connectivity index (χ3n) is 3.55. The van der Waals surface area contributed by atoms with Gasteiger partial charge >= 0.3 is 5.97 Å². The number of hydrogen-bond acceptors (Lipinski definition) is 2. The lowest BCUT2D eigenvalue weighted by atomic mass is 9.76. The summed E-state index contributed by atoms with van der Waals surface area (Å²) in [4.78, 5) is 23.8. The van der Waals surface area contributed by atoms with Crippen molar-refractivity contribution in [1.82, 2.24) is 4.90 Å². The van der Waals surface area contributed by atoms with Gasteiger partial charge < -0.3 is 10.0 Å². The highest BCUT2D eigenvalue weighted by Crippen LogP contribution is 2.48. The molecule has 1 heterocycles. The second kappa shape index (κ2) is 2.97. The number of likely N-dealkylation sites (tertiary alicyclic amines) is 1. The van der Waals surface area contributed by atoms with Gasteiger partial charge in [0.05, 0.1) is 0 Å². The summed E-state index contributed by atoms with van der Waals surface area (Å²) >= 11 is 0. The molecule has 1 saturated carbocycles. The van der Waals surface area contributed by atoms with Crippen LogP contribution in [0.2, 0.25) is 0 Å². The molecule has 1 amide bonds. The number of aliphatic carboxylic acids is 1. The Bertz CT molecular complexity index is 281. The number of carboxylic acids is 1. The fourth-order valence-electron chi connectivity index (χ4n) is 3.00. The molecular weight excluding hydrogens is 182 g/mol. The zero-order chi connectivity index (χ0) is 10.3. The van der Waals surface area contributed by atoms with Crippen LogP contribution in [0, 0.1) is 0 Å². The van der Waals surface area contributed by atoms with E-state index in [-0.39, 0.29) is 11.4 Å². The minimum Gasteiger partial charge on any atom is -0.480 e. The molecule has 1 saturated heterocycles. The van der Waals surface area contributed by atoms with E-state index in [4.69, 9.17) is 5.11 Å². The van der Waals surface area contributed by atoms with Gasteiger partial charge in [-0.3, -0.25) is 4.79 Å². The number of carbonyl (C=O) groups is 2. The highest BCUT2D eigenvalue weighted by Gasteiger charge is 2.56. The summed E-state index contributed by atoms with van der Waals surface area (Å²) in [5.41, 5.74) is -0.0884.